The second-order valence-electron chi connectivity index (χ2n) is 6.01. The monoisotopic (exact) mass is 409 g/mol. The Bertz CT molecular complexity index is 1150. The van der Waals surface area contributed by atoms with Crippen molar-refractivity contribution >= 4 is 38.9 Å². The Morgan fingerprint density at radius 2 is 1.69 bits per heavy atom. The van der Waals surface area contributed by atoms with Crippen LogP contribution in [0.3, 0.4) is 0 Å². The molecule has 29 heavy (non-hydrogen) atoms. The van der Waals surface area contributed by atoms with Crippen molar-refractivity contribution in [3.05, 3.63) is 42.7 Å². The number of ether oxygens (including phenoxy) is 3. The number of fused-ring (bicyclic) bond motifs is 1. The molecule has 0 unspecified atom stereocenters. The fourth-order valence-corrected chi connectivity index (χ4v) is 3.93. The van der Waals surface area contributed by atoms with Crippen molar-refractivity contribution < 1.29 is 14.2 Å². The molecule has 2 aromatic heterocycles. The third-order valence-corrected chi connectivity index (χ3v) is 5.32. The molecule has 8 nitrogen and oxygen atoms in total. The lowest BCUT2D eigenvalue weighted by Crippen LogP contribution is -1.98. The maximum Gasteiger partial charge on any atom is 0.203 e. The number of thiazole rings is 1. The first-order valence-electron chi connectivity index (χ1n) is 8.68. The molecule has 4 aromatic rings. The van der Waals surface area contributed by atoms with Crippen LogP contribution in [0.4, 0.5) is 16.6 Å². The fraction of sp³-hybridized carbons (Fsp3) is 0.150. The number of nitrogens with zero attached hydrogens (tertiary/aromatic N) is 3. The summed E-state index contributed by atoms with van der Waals surface area (Å²) < 4.78 is 16.2. The minimum atomic E-state index is 0.397. The van der Waals surface area contributed by atoms with E-state index in [1.807, 2.05) is 24.3 Å². The first-order chi connectivity index (χ1) is 14.1. The Kier molecular flexibility index (Phi) is 5.05. The van der Waals surface area contributed by atoms with Crippen LogP contribution in [0.5, 0.6) is 17.2 Å². The summed E-state index contributed by atoms with van der Waals surface area (Å²) in [5.74, 6) is 2.00. The number of methoxy groups -OCH3 is 3. The van der Waals surface area contributed by atoms with E-state index in [-0.39, 0.29) is 0 Å². The summed E-state index contributed by atoms with van der Waals surface area (Å²) in [6.07, 6.45) is 1.53. The maximum atomic E-state index is 6.21. The van der Waals surface area contributed by atoms with Gasteiger partial charge in [0.25, 0.3) is 0 Å². The smallest absolute Gasteiger partial charge is 0.203 e. The van der Waals surface area contributed by atoms with Gasteiger partial charge in [-0.2, -0.15) is 0 Å². The van der Waals surface area contributed by atoms with Crippen LogP contribution >= 0.6 is 11.3 Å². The van der Waals surface area contributed by atoms with Gasteiger partial charge in [0.2, 0.25) is 5.75 Å². The molecule has 0 saturated heterocycles. The van der Waals surface area contributed by atoms with Crippen LogP contribution in [0.1, 0.15) is 0 Å². The summed E-state index contributed by atoms with van der Waals surface area (Å²) in [7, 11) is 4.70. The van der Waals surface area contributed by atoms with Gasteiger partial charge in [-0.05, 0) is 6.07 Å². The van der Waals surface area contributed by atoms with Crippen LogP contribution in [0, 0.1) is 0 Å². The standard InChI is InChI=1S/C20H19N5O3S/c1-26-14-8-11(9-15(27-2)17(14)28-3)24-20-25-19(21)18(29-20)16-12-6-4-5-7-13(12)22-10-23-16/h4-10H,21H2,1-3H3,(H,24,25). The molecule has 3 N–H and O–H groups in total. The van der Waals surface area contributed by atoms with E-state index < -0.39 is 0 Å². The molecule has 4 rings (SSSR count). The van der Waals surface area contributed by atoms with Gasteiger partial charge in [-0.25, -0.2) is 15.0 Å². The summed E-state index contributed by atoms with van der Waals surface area (Å²) >= 11 is 1.41. The SMILES string of the molecule is COc1cc(Nc2nc(N)c(-c3ncnc4ccccc34)s2)cc(OC)c1OC. The van der Waals surface area contributed by atoms with E-state index in [4.69, 9.17) is 19.9 Å². The van der Waals surface area contributed by atoms with Gasteiger partial charge in [0, 0.05) is 23.2 Å². The van der Waals surface area contributed by atoms with Gasteiger partial charge in [-0.1, -0.05) is 29.5 Å². The van der Waals surface area contributed by atoms with Crippen LogP contribution in [0.2, 0.25) is 0 Å². The second-order valence-corrected chi connectivity index (χ2v) is 7.01. The van der Waals surface area contributed by atoms with Gasteiger partial charge in [0.05, 0.1) is 37.4 Å². The van der Waals surface area contributed by atoms with Gasteiger partial charge in [-0.15, -0.1) is 0 Å². The van der Waals surface area contributed by atoms with Gasteiger partial charge < -0.3 is 25.3 Å². The average Bonchev–Trinajstić information content (AvgIpc) is 3.12. The molecule has 0 atom stereocenters. The van der Waals surface area contributed by atoms with E-state index in [1.165, 1.54) is 17.7 Å². The predicted molar refractivity (Wildman–Crippen MR) is 114 cm³/mol. The highest BCUT2D eigenvalue weighted by Crippen LogP contribution is 2.42. The quantitative estimate of drug-likeness (QED) is 0.490. The number of nitrogens with one attached hydrogen (secondary N) is 1. The summed E-state index contributed by atoms with van der Waals surface area (Å²) in [6.45, 7) is 0. The van der Waals surface area contributed by atoms with E-state index in [1.54, 1.807) is 33.5 Å². The molecule has 0 aliphatic heterocycles. The third kappa shape index (κ3) is 3.47. The molecule has 0 saturated carbocycles. The van der Waals surface area contributed by atoms with E-state index in [2.05, 4.69) is 20.3 Å². The molecule has 0 bridgehead atoms. The van der Waals surface area contributed by atoms with Crippen molar-refractivity contribution in [1.82, 2.24) is 15.0 Å². The largest absolute Gasteiger partial charge is 0.493 e. The van der Waals surface area contributed by atoms with Crippen LogP contribution in [0.25, 0.3) is 21.5 Å². The zero-order valence-electron chi connectivity index (χ0n) is 16.1. The van der Waals surface area contributed by atoms with Gasteiger partial charge >= 0.3 is 0 Å². The number of nitrogen functional groups attached to an aromatic ring is 1. The molecule has 9 heteroatoms. The number of benzene rings is 2. The number of hydrogen-bond acceptors (Lipinski definition) is 9. The lowest BCUT2D eigenvalue weighted by atomic mass is 10.1. The average molecular weight is 409 g/mol. The Hall–Kier alpha value is -3.59. The highest BCUT2D eigenvalue weighted by molar-refractivity contribution is 7.19. The Morgan fingerprint density at radius 1 is 0.966 bits per heavy atom. The highest BCUT2D eigenvalue weighted by atomic mass is 32.1. The number of para-hydroxylation sites is 1. The molecular formula is C20H19N5O3S. The molecule has 0 amide bonds. The van der Waals surface area contributed by atoms with E-state index in [0.717, 1.165) is 27.2 Å². The summed E-state index contributed by atoms with van der Waals surface area (Å²) in [4.78, 5) is 14.0. The van der Waals surface area contributed by atoms with Gasteiger partial charge in [0.15, 0.2) is 16.6 Å². The Morgan fingerprint density at radius 3 is 2.38 bits per heavy atom. The Balaban J connectivity index is 1.72. The van der Waals surface area contributed by atoms with Gasteiger partial charge in [0.1, 0.15) is 12.1 Å². The van der Waals surface area contributed by atoms with Crippen molar-refractivity contribution in [3.8, 4) is 27.8 Å². The molecule has 148 valence electrons. The third-order valence-electron chi connectivity index (χ3n) is 4.33. The molecule has 0 radical (unpaired) electrons. The number of rotatable bonds is 6. The predicted octanol–water partition coefficient (Wildman–Crippen LogP) is 4.10. The number of aromatic nitrogens is 3. The minimum Gasteiger partial charge on any atom is -0.493 e. The summed E-state index contributed by atoms with van der Waals surface area (Å²) in [6, 6.07) is 11.4. The van der Waals surface area contributed by atoms with Crippen molar-refractivity contribution in [2.75, 3.05) is 32.4 Å². The van der Waals surface area contributed by atoms with Gasteiger partial charge in [-0.3, -0.25) is 0 Å². The van der Waals surface area contributed by atoms with E-state index in [9.17, 15) is 0 Å². The molecule has 0 aliphatic rings. The molecule has 0 spiro atoms. The number of nitrogens with two attached hydrogens (primary N) is 1. The van der Waals surface area contributed by atoms with E-state index >= 15 is 0 Å². The zero-order valence-corrected chi connectivity index (χ0v) is 16.9. The highest BCUT2D eigenvalue weighted by Gasteiger charge is 2.17. The first-order valence-corrected chi connectivity index (χ1v) is 9.49. The molecule has 0 fully saturated rings. The number of hydrogen-bond donors (Lipinski definition) is 2. The normalized spacial score (nSPS) is 10.7. The minimum absolute atomic E-state index is 0.397. The Labute approximate surface area is 171 Å². The van der Waals surface area contributed by atoms with Crippen molar-refractivity contribution in [2.24, 2.45) is 0 Å². The second kappa shape index (κ2) is 7.80. The number of anilines is 3. The topological polar surface area (TPSA) is 104 Å². The summed E-state index contributed by atoms with van der Waals surface area (Å²) in [5.41, 5.74) is 8.54. The van der Waals surface area contributed by atoms with Crippen molar-refractivity contribution in [2.45, 2.75) is 0 Å². The fourth-order valence-electron chi connectivity index (χ4n) is 3.02. The molecule has 2 aromatic carbocycles. The summed E-state index contributed by atoms with van der Waals surface area (Å²) in [5, 5.41) is 4.79. The first kappa shape index (κ1) is 18.8. The van der Waals surface area contributed by atoms with Crippen LogP contribution in [-0.2, 0) is 0 Å². The zero-order chi connectivity index (χ0) is 20.4. The molecule has 2 heterocycles. The van der Waals surface area contributed by atoms with Crippen molar-refractivity contribution in [3.63, 3.8) is 0 Å². The van der Waals surface area contributed by atoms with Crippen LogP contribution in [-0.4, -0.2) is 36.3 Å². The molecule has 0 aliphatic carbocycles. The van der Waals surface area contributed by atoms with E-state index in [0.29, 0.717) is 28.2 Å². The van der Waals surface area contributed by atoms with Crippen LogP contribution < -0.4 is 25.3 Å². The van der Waals surface area contributed by atoms with Crippen LogP contribution in [0.15, 0.2) is 42.7 Å². The lowest BCUT2D eigenvalue weighted by Gasteiger charge is -2.14. The maximum absolute atomic E-state index is 6.21. The van der Waals surface area contributed by atoms with Crippen molar-refractivity contribution in [1.29, 1.82) is 0 Å². The lowest BCUT2D eigenvalue weighted by molar-refractivity contribution is 0.324. The molecular weight excluding hydrogens is 390 g/mol.